The third kappa shape index (κ3) is 4.08. The topological polar surface area (TPSA) is 83.6 Å². The fraction of sp³-hybridized carbons (Fsp3) is 0.643. The van der Waals surface area contributed by atoms with Crippen LogP contribution in [0.15, 0.2) is 10.6 Å². The van der Waals surface area contributed by atoms with Crippen LogP contribution in [0.5, 0.6) is 0 Å². The van der Waals surface area contributed by atoms with Crippen LogP contribution in [0.4, 0.5) is 0 Å². The highest BCUT2D eigenvalue weighted by Crippen LogP contribution is 2.21. The second-order valence-corrected chi connectivity index (χ2v) is 5.39. The molecule has 1 atom stereocenters. The van der Waals surface area contributed by atoms with Gasteiger partial charge in [0.2, 0.25) is 5.91 Å². The van der Waals surface area contributed by atoms with Crippen molar-refractivity contribution in [3.63, 3.8) is 0 Å². The minimum atomic E-state index is -0.772. The molecule has 6 heteroatoms. The van der Waals surface area contributed by atoms with E-state index < -0.39 is 5.97 Å². The molecule has 0 aliphatic carbocycles. The molecule has 20 heavy (non-hydrogen) atoms. The van der Waals surface area contributed by atoms with Crippen molar-refractivity contribution in [2.24, 2.45) is 5.92 Å². The number of carbonyl (C=O) groups excluding carboxylic acids is 1. The Morgan fingerprint density at radius 2 is 2.35 bits per heavy atom. The molecule has 6 nitrogen and oxygen atoms in total. The molecule has 1 aromatic rings. The summed E-state index contributed by atoms with van der Waals surface area (Å²) < 4.78 is 4.95. The van der Waals surface area contributed by atoms with Crippen LogP contribution >= 0.6 is 0 Å². The number of rotatable bonds is 5. The fourth-order valence-electron chi connectivity index (χ4n) is 2.62. The molecule has 0 aromatic carbocycles. The minimum absolute atomic E-state index is 0.0401. The monoisotopic (exact) mass is 280 g/mol. The first-order valence-electron chi connectivity index (χ1n) is 6.96. The van der Waals surface area contributed by atoms with E-state index in [1.54, 1.807) is 13.0 Å². The molecule has 2 heterocycles. The van der Waals surface area contributed by atoms with Gasteiger partial charge in [-0.25, -0.2) is 0 Å². The molecule has 0 radical (unpaired) electrons. The SMILES string of the molecule is Cc1cc(CC(=O)N2CCCC(CCC(=O)O)C2)no1. The number of aliphatic carboxylic acids is 1. The molecule has 1 amide bonds. The molecule has 2 rings (SSSR count). The van der Waals surface area contributed by atoms with Crippen molar-refractivity contribution in [1.29, 1.82) is 0 Å². The lowest BCUT2D eigenvalue weighted by atomic mass is 9.93. The zero-order chi connectivity index (χ0) is 14.5. The zero-order valence-electron chi connectivity index (χ0n) is 11.7. The number of amides is 1. The smallest absolute Gasteiger partial charge is 0.303 e. The Labute approximate surface area is 117 Å². The molecular weight excluding hydrogens is 260 g/mol. The van der Waals surface area contributed by atoms with Crippen LogP contribution in [0.1, 0.15) is 37.1 Å². The first kappa shape index (κ1) is 14.6. The van der Waals surface area contributed by atoms with Crippen molar-refractivity contribution in [2.75, 3.05) is 13.1 Å². The third-order valence-electron chi connectivity index (χ3n) is 3.65. The van der Waals surface area contributed by atoms with Gasteiger partial charge in [0, 0.05) is 25.6 Å². The quantitative estimate of drug-likeness (QED) is 0.886. The molecule has 1 unspecified atom stereocenters. The predicted molar refractivity (Wildman–Crippen MR) is 71.1 cm³/mol. The van der Waals surface area contributed by atoms with Crippen LogP contribution in [0.2, 0.25) is 0 Å². The van der Waals surface area contributed by atoms with Gasteiger partial charge in [0.15, 0.2) is 0 Å². The molecule has 0 spiro atoms. The van der Waals surface area contributed by atoms with Gasteiger partial charge in [0.05, 0.1) is 12.1 Å². The van der Waals surface area contributed by atoms with Crippen molar-refractivity contribution in [3.8, 4) is 0 Å². The van der Waals surface area contributed by atoms with Gasteiger partial charge in [-0.05, 0) is 32.1 Å². The standard InChI is InChI=1S/C14H20N2O4/c1-10-7-12(15-20-10)8-13(17)16-6-2-3-11(9-16)4-5-14(18)19/h7,11H,2-6,8-9H2,1H3,(H,18,19). The van der Waals surface area contributed by atoms with Crippen LogP contribution in [0, 0.1) is 12.8 Å². The predicted octanol–water partition coefficient (Wildman–Crippen LogP) is 1.63. The average molecular weight is 280 g/mol. The van der Waals surface area contributed by atoms with E-state index in [0.29, 0.717) is 30.3 Å². The molecule has 1 aromatic heterocycles. The molecule has 1 aliphatic rings. The molecule has 1 aliphatic heterocycles. The molecule has 1 N–H and O–H groups in total. The number of carboxylic acids is 1. The van der Waals surface area contributed by atoms with Crippen molar-refractivity contribution in [3.05, 3.63) is 17.5 Å². The van der Waals surface area contributed by atoms with E-state index in [9.17, 15) is 9.59 Å². The van der Waals surface area contributed by atoms with Crippen LogP contribution in [-0.4, -0.2) is 40.1 Å². The second kappa shape index (κ2) is 6.54. The molecule has 0 bridgehead atoms. The van der Waals surface area contributed by atoms with E-state index in [0.717, 1.165) is 19.4 Å². The summed E-state index contributed by atoms with van der Waals surface area (Å²) in [5, 5.41) is 12.5. The highest BCUT2D eigenvalue weighted by atomic mass is 16.5. The van der Waals surface area contributed by atoms with Crippen molar-refractivity contribution < 1.29 is 19.2 Å². The van der Waals surface area contributed by atoms with Gasteiger partial charge in [-0.15, -0.1) is 0 Å². The van der Waals surface area contributed by atoms with E-state index in [4.69, 9.17) is 9.63 Å². The van der Waals surface area contributed by atoms with Crippen LogP contribution in [0.3, 0.4) is 0 Å². The number of carbonyl (C=O) groups is 2. The van der Waals surface area contributed by atoms with Crippen molar-refractivity contribution >= 4 is 11.9 Å². The number of hydrogen-bond donors (Lipinski definition) is 1. The minimum Gasteiger partial charge on any atom is -0.481 e. The van der Waals surface area contributed by atoms with Gasteiger partial charge in [-0.3, -0.25) is 9.59 Å². The van der Waals surface area contributed by atoms with Gasteiger partial charge >= 0.3 is 5.97 Å². The fourth-order valence-corrected chi connectivity index (χ4v) is 2.62. The Bertz CT molecular complexity index is 483. The summed E-state index contributed by atoms with van der Waals surface area (Å²) in [5.41, 5.74) is 0.653. The Morgan fingerprint density at radius 3 is 3.00 bits per heavy atom. The van der Waals surface area contributed by atoms with E-state index in [1.165, 1.54) is 0 Å². The van der Waals surface area contributed by atoms with Crippen molar-refractivity contribution in [1.82, 2.24) is 10.1 Å². The van der Waals surface area contributed by atoms with Crippen LogP contribution < -0.4 is 0 Å². The van der Waals surface area contributed by atoms with Gasteiger partial charge < -0.3 is 14.5 Å². The Morgan fingerprint density at radius 1 is 1.55 bits per heavy atom. The molecule has 1 fully saturated rings. The lowest BCUT2D eigenvalue weighted by Gasteiger charge is -2.32. The first-order chi connectivity index (χ1) is 9.54. The van der Waals surface area contributed by atoms with Crippen molar-refractivity contribution in [2.45, 2.75) is 39.0 Å². The van der Waals surface area contributed by atoms with E-state index in [1.807, 2.05) is 4.90 Å². The summed E-state index contributed by atoms with van der Waals surface area (Å²) >= 11 is 0. The third-order valence-corrected chi connectivity index (χ3v) is 3.65. The molecule has 110 valence electrons. The number of aromatic nitrogens is 1. The summed E-state index contributed by atoms with van der Waals surface area (Å²) in [6, 6.07) is 1.77. The summed E-state index contributed by atoms with van der Waals surface area (Å²) in [4.78, 5) is 24.6. The maximum atomic E-state index is 12.2. The summed E-state index contributed by atoms with van der Waals surface area (Å²) in [6.07, 6.45) is 3.01. The van der Waals surface area contributed by atoms with Crippen LogP contribution in [-0.2, 0) is 16.0 Å². The number of piperidine rings is 1. The molecule has 0 saturated carbocycles. The first-order valence-corrected chi connectivity index (χ1v) is 6.96. The Hall–Kier alpha value is -1.85. The maximum Gasteiger partial charge on any atom is 0.303 e. The summed E-state index contributed by atoms with van der Waals surface area (Å²) in [7, 11) is 0. The van der Waals surface area contributed by atoms with Gasteiger partial charge in [0.1, 0.15) is 5.76 Å². The lowest BCUT2D eigenvalue weighted by Crippen LogP contribution is -2.40. The lowest BCUT2D eigenvalue weighted by molar-refractivity contribution is -0.137. The average Bonchev–Trinajstić information content (AvgIpc) is 2.82. The number of likely N-dealkylation sites (tertiary alicyclic amines) is 1. The number of nitrogens with zero attached hydrogens (tertiary/aromatic N) is 2. The molecule has 1 saturated heterocycles. The normalized spacial score (nSPS) is 19.1. The van der Waals surface area contributed by atoms with E-state index >= 15 is 0 Å². The number of hydrogen-bond acceptors (Lipinski definition) is 4. The highest BCUT2D eigenvalue weighted by Gasteiger charge is 2.24. The number of aryl methyl sites for hydroxylation is 1. The van der Waals surface area contributed by atoms with E-state index in [2.05, 4.69) is 5.16 Å². The van der Waals surface area contributed by atoms with Gasteiger partial charge in [-0.2, -0.15) is 0 Å². The van der Waals surface area contributed by atoms with Gasteiger partial charge in [-0.1, -0.05) is 5.16 Å². The van der Waals surface area contributed by atoms with Gasteiger partial charge in [0.25, 0.3) is 0 Å². The summed E-state index contributed by atoms with van der Waals surface area (Å²) in [6.45, 7) is 3.20. The Kier molecular flexibility index (Phi) is 4.76. The molecular formula is C14H20N2O4. The number of carboxylic acid groups (broad SMARTS) is 1. The maximum absolute atomic E-state index is 12.2. The van der Waals surface area contributed by atoms with Crippen LogP contribution in [0.25, 0.3) is 0 Å². The zero-order valence-corrected chi connectivity index (χ0v) is 11.7. The van der Waals surface area contributed by atoms with E-state index in [-0.39, 0.29) is 18.7 Å². The summed E-state index contributed by atoms with van der Waals surface area (Å²) in [5.74, 6) is 0.262. The largest absolute Gasteiger partial charge is 0.481 e. The highest BCUT2D eigenvalue weighted by molar-refractivity contribution is 5.78. The Balaban J connectivity index is 1.84. The second-order valence-electron chi connectivity index (χ2n) is 5.39.